The second-order valence-electron chi connectivity index (χ2n) is 2.82. The molecule has 1 aromatic heterocycles. The fourth-order valence-electron chi connectivity index (χ4n) is 1.54. The number of aryl methyl sites for hydroxylation is 1. The highest BCUT2D eigenvalue weighted by molar-refractivity contribution is 5.26. The Morgan fingerprint density at radius 1 is 1.80 bits per heavy atom. The Balaban J connectivity index is 2.53. The van der Waals surface area contributed by atoms with Gasteiger partial charge in [-0.25, -0.2) is 0 Å². The van der Waals surface area contributed by atoms with Crippen molar-refractivity contribution in [3.63, 3.8) is 0 Å². The molecular formula is C7H11N3. The minimum absolute atomic E-state index is 0.240. The van der Waals surface area contributed by atoms with E-state index < -0.39 is 0 Å². The van der Waals surface area contributed by atoms with Gasteiger partial charge in [-0.2, -0.15) is 5.10 Å². The lowest BCUT2D eigenvalue weighted by Crippen LogP contribution is -2.03. The predicted octanol–water partition coefficient (Wildman–Crippen LogP) is 0.366. The Bertz CT molecular complexity index is 251. The smallest absolute Gasteiger partial charge is 0.0540 e. The van der Waals surface area contributed by atoms with Gasteiger partial charge in [0.1, 0.15) is 0 Å². The quantitative estimate of drug-likeness (QED) is 0.561. The van der Waals surface area contributed by atoms with Crippen molar-refractivity contribution in [2.75, 3.05) is 0 Å². The van der Waals surface area contributed by atoms with E-state index in [0.717, 1.165) is 12.8 Å². The maximum Gasteiger partial charge on any atom is 0.0540 e. The van der Waals surface area contributed by atoms with Gasteiger partial charge in [-0.05, 0) is 12.8 Å². The molecule has 54 valence electrons. The van der Waals surface area contributed by atoms with Crippen LogP contribution in [-0.2, 0) is 13.5 Å². The monoisotopic (exact) mass is 137 g/mol. The lowest BCUT2D eigenvalue weighted by atomic mass is 10.2. The zero-order chi connectivity index (χ0) is 7.14. The first kappa shape index (κ1) is 5.92. The Morgan fingerprint density at radius 3 is 3.30 bits per heavy atom. The SMILES string of the molecule is Cn1ncc2c1CC[C@@H]2N. The van der Waals surface area contributed by atoms with Gasteiger partial charge in [0.05, 0.1) is 6.20 Å². The van der Waals surface area contributed by atoms with E-state index in [1.807, 2.05) is 17.9 Å². The van der Waals surface area contributed by atoms with Crippen LogP contribution in [0.4, 0.5) is 0 Å². The molecule has 0 amide bonds. The third-order valence-corrected chi connectivity index (χ3v) is 2.19. The summed E-state index contributed by atoms with van der Waals surface area (Å²) in [5.74, 6) is 0. The van der Waals surface area contributed by atoms with E-state index in [2.05, 4.69) is 5.10 Å². The zero-order valence-electron chi connectivity index (χ0n) is 6.04. The number of hydrogen-bond acceptors (Lipinski definition) is 2. The summed E-state index contributed by atoms with van der Waals surface area (Å²) in [7, 11) is 1.97. The third-order valence-electron chi connectivity index (χ3n) is 2.19. The molecule has 0 spiro atoms. The highest BCUT2D eigenvalue weighted by atomic mass is 15.3. The molecule has 0 unspecified atom stereocenters. The normalized spacial score (nSPS) is 23.2. The van der Waals surface area contributed by atoms with Gasteiger partial charge in [-0.3, -0.25) is 4.68 Å². The van der Waals surface area contributed by atoms with E-state index in [-0.39, 0.29) is 6.04 Å². The van der Waals surface area contributed by atoms with E-state index in [4.69, 9.17) is 5.73 Å². The lowest BCUT2D eigenvalue weighted by Gasteiger charge is -1.96. The molecule has 2 rings (SSSR count). The van der Waals surface area contributed by atoms with Crippen LogP contribution in [0.15, 0.2) is 6.20 Å². The van der Waals surface area contributed by atoms with Crippen LogP contribution in [0.1, 0.15) is 23.7 Å². The molecule has 1 aliphatic carbocycles. The van der Waals surface area contributed by atoms with Crippen molar-refractivity contribution in [1.29, 1.82) is 0 Å². The molecule has 1 atom stereocenters. The van der Waals surface area contributed by atoms with Gasteiger partial charge in [-0.1, -0.05) is 0 Å². The average Bonchev–Trinajstić information content (AvgIpc) is 2.41. The first-order chi connectivity index (χ1) is 4.79. The van der Waals surface area contributed by atoms with Crippen LogP contribution in [-0.4, -0.2) is 9.78 Å². The van der Waals surface area contributed by atoms with E-state index in [1.165, 1.54) is 11.3 Å². The Hall–Kier alpha value is -0.830. The Morgan fingerprint density at radius 2 is 2.60 bits per heavy atom. The second-order valence-corrected chi connectivity index (χ2v) is 2.82. The van der Waals surface area contributed by atoms with Gasteiger partial charge in [0.2, 0.25) is 0 Å². The van der Waals surface area contributed by atoms with Crippen molar-refractivity contribution in [2.45, 2.75) is 18.9 Å². The summed E-state index contributed by atoms with van der Waals surface area (Å²) < 4.78 is 1.92. The molecule has 0 saturated carbocycles. The van der Waals surface area contributed by atoms with Crippen molar-refractivity contribution in [3.8, 4) is 0 Å². The van der Waals surface area contributed by atoms with Crippen LogP contribution in [0.2, 0.25) is 0 Å². The summed E-state index contributed by atoms with van der Waals surface area (Å²) in [5, 5.41) is 4.13. The number of aromatic nitrogens is 2. The number of nitrogens with two attached hydrogens (primary N) is 1. The zero-order valence-corrected chi connectivity index (χ0v) is 6.04. The van der Waals surface area contributed by atoms with E-state index in [9.17, 15) is 0 Å². The van der Waals surface area contributed by atoms with Gasteiger partial charge < -0.3 is 5.73 Å². The molecule has 0 aliphatic heterocycles. The van der Waals surface area contributed by atoms with Crippen LogP contribution in [0, 0.1) is 0 Å². The number of hydrogen-bond donors (Lipinski definition) is 1. The van der Waals surface area contributed by atoms with Crippen molar-refractivity contribution in [1.82, 2.24) is 9.78 Å². The standard InChI is InChI=1S/C7H11N3/c1-10-7-3-2-6(8)5(7)4-9-10/h4,6H,2-3,8H2,1H3/t6-/m0/s1. The maximum atomic E-state index is 5.81. The largest absolute Gasteiger partial charge is 0.324 e. The number of nitrogens with zero attached hydrogens (tertiary/aromatic N) is 2. The van der Waals surface area contributed by atoms with Gasteiger partial charge in [-0.15, -0.1) is 0 Å². The fraction of sp³-hybridized carbons (Fsp3) is 0.571. The number of fused-ring (bicyclic) bond motifs is 1. The molecule has 0 radical (unpaired) electrons. The molecule has 0 bridgehead atoms. The average molecular weight is 137 g/mol. The first-order valence-electron chi connectivity index (χ1n) is 3.55. The molecule has 0 fully saturated rings. The summed E-state index contributed by atoms with van der Waals surface area (Å²) in [5.41, 5.74) is 8.36. The van der Waals surface area contributed by atoms with Crippen molar-refractivity contribution in [3.05, 3.63) is 17.5 Å². The Kier molecular flexibility index (Phi) is 1.08. The molecule has 2 N–H and O–H groups in total. The third kappa shape index (κ3) is 0.609. The summed E-state index contributed by atoms with van der Waals surface area (Å²) in [6.45, 7) is 0. The first-order valence-corrected chi connectivity index (χ1v) is 3.55. The van der Waals surface area contributed by atoms with Crippen LogP contribution in [0.5, 0.6) is 0 Å². The van der Waals surface area contributed by atoms with Gasteiger partial charge in [0.25, 0.3) is 0 Å². The molecule has 1 aliphatic rings. The van der Waals surface area contributed by atoms with Crippen molar-refractivity contribution >= 4 is 0 Å². The highest BCUT2D eigenvalue weighted by Crippen LogP contribution is 2.27. The molecule has 1 heterocycles. The van der Waals surface area contributed by atoms with E-state index >= 15 is 0 Å². The van der Waals surface area contributed by atoms with Crippen LogP contribution < -0.4 is 5.73 Å². The summed E-state index contributed by atoms with van der Waals surface area (Å²) >= 11 is 0. The molecule has 1 aromatic rings. The van der Waals surface area contributed by atoms with Crippen LogP contribution in [0.25, 0.3) is 0 Å². The van der Waals surface area contributed by atoms with Crippen molar-refractivity contribution < 1.29 is 0 Å². The summed E-state index contributed by atoms with van der Waals surface area (Å²) in [4.78, 5) is 0. The lowest BCUT2D eigenvalue weighted by molar-refractivity contribution is 0.669. The topological polar surface area (TPSA) is 43.8 Å². The molecule has 0 saturated heterocycles. The Labute approximate surface area is 59.8 Å². The van der Waals surface area contributed by atoms with E-state index in [0.29, 0.717) is 0 Å². The summed E-state index contributed by atoms with van der Waals surface area (Å²) in [6.07, 6.45) is 4.06. The molecule has 0 aromatic carbocycles. The minimum Gasteiger partial charge on any atom is -0.324 e. The highest BCUT2D eigenvalue weighted by Gasteiger charge is 2.21. The number of rotatable bonds is 0. The second kappa shape index (κ2) is 1.83. The van der Waals surface area contributed by atoms with Crippen LogP contribution >= 0.6 is 0 Å². The molecule has 3 nitrogen and oxygen atoms in total. The van der Waals surface area contributed by atoms with Gasteiger partial charge >= 0.3 is 0 Å². The molecular weight excluding hydrogens is 126 g/mol. The van der Waals surface area contributed by atoms with Gasteiger partial charge in [0.15, 0.2) is 0 Å². The molecule has 3 heteroatoms. The molecule has 10 heavy (non-hydrogen) atoms. The maximum absolute atomic E-state index is 5.81. The fourth-order valence-corrected chi connectivity index (χ4v) is 1.54. The van der Waals surface area contributed by atoms with E-state index in [1.54, 1.807) is 0 Å². The predicted molar refractivity (Wildman–Crippen MR) is 38.5 cm³/mol. The van der Waals surface area contributed by atoms with Crippen molar-refractivity contribution in [2.24, 2.45) is 12.8 Å². The van der Waals surface area contributed by atoms with Crippen LogP contribution in [0.3, 0.4) is 0 Å². The summed E-state index contributed by atoms with van der Waals surface area (Å²) in [6, 6.07) is 0.240. The minimum atomic E-state index is 0.240. The van der Waals surface area contributed by atoms with Gasteiger partial charge in [0, 0.05) is 24.3 Å².